The second-order valence-corrected chi connectivity index (χ2v) is 11.2. The number of carboxylic acids is 1. The fourth-order valence-corrected chi connectivity index (χ4v) is 5.09. The Labute approximate surface area is 262 Å². The van der Waals surface area contributed by atoms with Crippen LogP contribution in [-0.2, 0) is 24.6 Å². The van der Waals surface area contributed by atoms with E-state index in [0.717, 1.165) is 50.4 Å². The van der Waals surface area contributed by atoms with Crippen LogP contribution < -0.4 is 24.3 Å². The van der Waals surface area contributed by atoms with Crippen molar-refractivity contribution in [2.45, 2.75) is 46.1 Å². The molecule has 0 radical (unpaired) electrons. The van der Waals surface area contributed by atoms with Crippen LogP contribution in [0.4, 0.5) is 0 Å². The molecule has 0 aromatic heterocycles. The van der Waals surface area contributed by atoms with Gasteiger partial charge in [-0.2, -0.15) is 5.26 Å². The number of aliphatic hydroxyl groups is 1. The Hall–Kier alpha value is -5.04. The van der Waals surface area contributed by atoms with Gasteiger partial charge in [-0.1, -0.05) is 36.4 Å². The second kappa shape index (κ2) is 13.7. The van der Waals surface area contributed by atoms with Crippen molar-refractivity contribution in [2.24, 2.45) is 0 Å². The smallest absolute Gasteiger partial charge is 0.326 e. The SMILES string of the molecule is Cc1cc(OCc2cccc(-c3ccc4c(c3)OCCO4)c2C)cc(OCc2cccc(C#N)c2)c1CNC(C)(CO)C(=O)O. The van der Waals surface area contributed by atoms with Gasteiger partial charge in [-0.25, -0.2) is 0 Å². The van der Waals surface area contributed by atoms with Gasteiger partial charge in [0.05, 0.1) is 18.2 Å². The quantitative estimate of drug-likeness (QED) is 0.186. The summed E-state index contributed by atoms with van der Waals surface area (Å²) in [5.74, 6) is 1.42. The third-order valence-electron chi connectivity index (χ3n) is 7.99. The first-order chi connectivity index (χ1) is 21.7. The van der Waals surface area contributed by atoms with Crippen molar-refractivity contribution < 1.29 is 34.0 Å². The summed E-state index contributed by atoms with van der Waals surface area (Å²) in [7, 11) is 0. The van der Waals surface area contributed by atoms with Gasteiger partial charge >= 0.3 is 5.97 Å². The molecule has 1 aliphatic heterocycles. The average Bonchev–Trinajstić information content (AvgIpc) is 3.06. The van der Waals surface area contributed by atoms with Crippen LogP contribution in [0, 0.1) is 25.2 Å². The first kappa shape index (κ1) is 31.4. The summed E-state index contributed by atoms with van der Waals surface area (Å²) in [6.07, 6.45) is 0. The molecule has 5 rings (SSSR count). The standard InChI is InChI=1S/C36H36N2O7/c1-23-14-29(44-21-28-8-5-9-30(24(28)2)27-10-11-32-34(16-27)43-13-12-42-32)17-33(31(23)19-38-36(3,22-39)35(40)41)45-20-26-7-4-6-25(15-26)18-37/h4-11,14-17,38-39H,12-13,19-22H2,1-3H3,(H,40,41). The van der Waals surface area contributed by atoms with E-state index in [4.69, 9.17) is 18.9 Å². The highest BCUT2D eigenvalue weighted by atomic mass is 16.6. The Bertz CT molecular complexity index is 1750. The minimum Gasteiger partial charge on any atom is -0.489 e. The van der Waals surface area contributed by atoms with E-state index in [1.807, 2.05) is 49.4 Å². The van der Waals surface area contributed by atoms with Crippen LogP contribution in [0.15, 0.2) is 72.8 Å². The fraction of sp³-hybridized carbons (Fsp3) is 0.278. The number of benzene rings is 4. The molecule has 232 valence electrons. The van der Waals surface area contributed by atoms with Crippen LogP contribution in [0.1, 0.15) is 40.3 Å². The largest absolute Gasteiger partial charge is 0.489 e. The zero-order valence-corrected chi connectivity index (χ0v) is 25.6. The maximum atomic E-state index is 11.8. The molecule has 0 bridgehead atoms. The van der Waals surface area contributed by atoms with E-state index in [2.05, 4.69) is 24.4 Å². The Kier molecular flexibility index (Phi) is 9.57. The molecule has 1 atom stereocenters. The van der Waals surface area contributed by atoms with E-state index in [9.17, 15) is 20.3 Å². The number of hydrogen-bond donors (Lipinski definition) is 3. The van der Waals surface area contributed by atoms with Gasteiger partial charge in [0, 0.05) is 18.2 Å². The van der Waals surface area contributed by atoms with Gasteiger partial charge in [0.2, 0.25) is 0 Å². The molecule has 1 aliphatic rings. The summed E-state index contributed by atoms with van der Waals surface area (Å²) < 4.78 is 24.0. The zero-order chi connectivity index (χ0) is 32.0. The highest BCUT2D eigenvalue weighted by Crippen LogP contribution is 2.36. The number of nitrogens with one attached hydrogen (secondary N) is 1. The lowest BCUT2D eigenvalue weighted by molar-refractivity contribution is -0.145. The molecule has 0 fully saturated rings. The predicted molar refractivity (Wildman–Crippen MR) is 169 cm³/mol. The lowest BCUT2D eigenvalue weighted by Gasteiger charge is -2.25. The molecule has 0 aliphatic carbocycles. The molecule has 0 amide bonds. The summed E-state index contributed by atoms with van der Waals surface area (Å²) in [6.45, 7) is 6.52. The Morgan fingerprint density at radius 3 is 2.51 bits per heavy atom. The number of aliphatic carboxylic acids is 1. The first-order valence-corrected chi connectivity index (χ1v) is 14.7. The molecule has 4 aromatic rings. The number of rotatable bonds is 12. The van der Waals surface area contributed by atoms with Crippen molar-refractivity contribution in [3.8, 4) is 40.2 Å². The van der Waals surface area contributed by atoms with Gasteiger partial charge < -0.3 is 29.2 Å². The molecule has 0 spiro atoms. The number of nitrogens with zero attached hydrogens (tertiary/aromatic N) is 1. The number of hydrogen-bond acceptors (Lipinski definition) is 8. The van der Waals surface area contributed by atoms with Gasteiger partial charge in [0.15, 0.2) is 11.5 Å². The number of carbonyl (C=O) groups is 1. The summed E-state index contributed by atoms with van der Waals surface area (Å²) in [6, 6.07) is 25.0. The highest BCUT2D eigenvalue weighted by molar-refractivity contribution is 5.78. The number of aryl methyl sites for hydroxylation is 1. The van der Waals surface area contributed by atoms with Crippen LogP contribution in [-0.4, -0.2) is 41.5 Å². The molecule has 9 heteroatoms. The van der Waals surface area contributed by atoms with E-state index in [0.29, 0.717) is 36.9 Å². The van der Waals surface area contributed by atoms with Gasteiger partial charge in [-0.15, -0.1) is 0 Å². The second-order valence-electron chi connectivity index (χ2n) is 11.2. The third kappa shape index (κ3) is 7.20. The van der Waals surface area contributed by atoms with Crippen molar-refractivity contribution in [1.29, 1.82) is 5.26 Å². The lowest BCUT2D eigenvalue weighted by Crippen LogP contribution is -2.52. The van der Waals surface area contributed by atoms with Crippen LogP contribution in [0.25, 0.3) is 11.1 Å². The van der Waals surface area contributed by atoms with Gasteiger partial charge in [-0.05, 0) is 84.5 Å². The molecule has 1 unspecified atom stereocenters. The predicted octanol–water partition coefficient (Wildman–Crippen LogP) is 5.70. The minimum atomic E-state index is -1.53. The number of nitriles is 1. The van der Waals surface area contributed by atoms with Crippen LogP contribution in [0.5, 0.6) is 23.0 Å². The summed E-state index contributed by atoms with van der Waals surface area (Å²) in [4.78, 5) is 11.8. The highest BCUT2D eigenvalue weighted by Gasteiger charge is 2.32. The Morgan fingerprint density at radius 1 is 0.978 bits per heavy atom. The maximum Gasteiger partial charge on any atom is 0.326 e. The van der Waals surface area contributed by atoms with E-state index in [1.165, 1.54) is 6.92 Å². The molecule has 9 nitrogen and oxygen atoms in total. The summed E-state index contributed by atoms with van der Waals surface area (Å²) >= 11 is 0. The molecule has 3 N–H and O–H groups in total. The average molecular weight is 609 g/mol. The van der Waals surface area contributed by atoms with E-state index in [1.54, 1.807) is 24.3 Å². The van der Waals surface area contributed by atoms with Crippen molar-refractivity contribution in [1.82, 2.24) is 5.32 Å². The van der Waals surface area contributed by atoms with Crippen LogP contribution >= 0.6 is 0 Å². The van der Waals surface area contributed by atoms with Crippen molar-refractivity contribution in [2.75, 3.05) is 19.8 Å². The topological polar surface area (TPSA) is 130 Å². The van der Waals surface area contributed by atoms with Crippen LogP contribution in [0.3, 0.4) is 0 Å². The minimum absolute atomic E-state index is 0.139. The summed E-state index contributed by atoms with van der Waals surface area (Å²) in [5, 5.41) is 31.6. The number of fused-ring (bicyclic) bond motifs is 1. The summed E-state index contributed by atoms with van der Waals surface area (Å²) in [5.41, 5.74) is 5.57. The number of aliphatic hydroxyl groups excluding tert-OH is 1. The molecule has 0 saturated carbocycles. The monoisotopic (exact) mass is 608 g/mol. The molecular formula is C36H36N2O7. The van der Waals surface area contributed by atoms with Gasteiger partial charge in [-0.3, -0.25) is 10.1 Å². The third-order valence-corrected chi connectivity index (χ3v) is 7.99. The normalized spacial score (nSPS) is 13.4. The molecule has 0 saturated heterocycles. The van der Waals surface area contributed by atoms with Gasteiger partial charge in [0.1, 0.15) is 43.5 Å². The van der Waals surface area contributed by atoms with Crippen molar-refractivity contribution in [3.63, 3.8) is 0 Å². The molecule has 45 heavy (non-hydrogen) atoms. The van der Waals surface area contributed by atoms with E-state index >= 15 is 0 Å². The number of ether oxygens (including phenoxy) is 4. The Morgan fingerprint density at radius 2 is 1.76 bits per heavy atom. The zero-order valence-electron chi connectivity index (χ0n) is 25.6. The molecule has 1 heterocycles. The van der Waals surface area contributed by atoms with E-state index < -0.39 is 18.1 Å². The lowest BCUT2D eigenvalue weighted by atomic mass is 9.96. The molecule has 4 aromatic carbocycles. The van der Waals surface area contributed by atoms with Crippen LogP contribution in [0.2, 0.25) is 0 Å². The number of carboxylic acid groups (broad SMARTS) is 1. The van der Waals surface area contributed by atoms with Gasteiger partial charge in [0.25, 0.3) is 0 Å². The fourth-order valence-electron chi connectivity index (χ4n) is 5.09. The Balaban J connectivity index is 1.39. The first-order valence-electron chi connectivity index (χ1n) is 14.7. The maximum absolute atomic E-state index is 11.8. The van der Waals surface area contributed by atoms with Crippen molar-refractivity contribution in [3.05, 3.63) is 106 Å². The van der Waals surface area contributed by atoms with Crippen molar-refractivity contribution >= 4 is 5.97 Å². The molecular weight excluding hydrogens is 572 g/mol. The van der Waals surface area contributed by atoms with E-state index in [-0.39, 0.29) is 13.2 Å².